The molecule has 21 heavy (non-hydrogen) atoms. The quantitative estimate of drug-likeness (QED) is 0.923. The fraction of sp³-hybridized carbons (Fsp3) is 0.400. The monoisotopic (exact) mass is 307 g/mol. The van der Waals surface area contributed by atoms with Crippen molar-refractivity contribution in [3.8, 4) is 0 Å². The van der Waals surface area contributed by atoms with Crippen LogP contribution in [0.4, 0.5) is 5.69 Å². The standard InChI is InChI=1S/C15H21N3O2S/c1-5-12-8-7-9-13(6-2)15(12)17-21(19,20)14-10-18(4)16-11(14)3/h7-10,17H,5-6H2,1-4H3. The number of para-hydroxylation sites is 1. The molecule has 6 heteroatoms. The average Bonchev–Trinajstić information content (AvgIpc) is 2.78. The van der Waals surface area contributed by atoms with Crippen LogP contribution >= 0.6 is 0 Å². The first kappa shape index (κ1) is 15.6. The lowest BCUT2D eigenvalue weighted by atomic mass is 10.0. The number of rotatable bonds is 5. The Kier molecular flexibility index (Phi) is 4.37. The van der Waals surface area contributed by atoms with Crippen molar-refractivity contribution in [3.05, 3.63) is 41.2 Å². The summed E-state index contributed by atoms with van der Waals surface area (Å²) in [6, 6.07) is 5.87. The van der Waals surface area contributed by atoms with E-state index in [-0.39, 0.29) is 4.90 Å². The number of aryl methyl sites for hydroxylation is 4. The number of hydrogen-bond acceptors (Lipinski definition) is 3. The van der Waals surface area contributed by atoms with Gasteiger partial charge in [-0.1, -0.05) is 32.0 Å². The maximum atomic E-state index is 12.6. The van der Waals surface area contributed by atoms with Crippen molar-refractivity contribution in [2.75, 3.05) is 4.72 Å². The molecule has 0 aliphatic heterocycles. The van der Waals surface area contributed by atoms with Gasteiger partial charge in [-0.05, 0) is 30.9 Å². The Balaban J connectivity index is 2.48. The van der Waals surface area contributed by atoms with Gasteiger partial charge >= 0.3 is 0 Å². The molecule has 0 atom stereocenters. The minimum absolute atomic E-state index is 0.220. The Morgan fingerprint density at radius 2 is 1.76 bits per heavy atom. The molecule has 1 heterocycles. The molecule has 5 nitrogen and oxygen atoms in total. The molecule has 2 rings (SSSR count). The van der Waals surface area contributed by atoms with E-state index >= 15 is 0 Å². The highest BCUT2D eigenvalue weighted by atomic mass is 32.2. The van der Waals surface area contributed by atoms with Crippen LogP contribution < -0.4 is 4.72 Å². The molecule has 114 valence electrons. The lowest BCUT2D eigenvalue weighted by Crippen LogP contribution is -2.16. The van der Waals surface area contributed by atoms with Crippen LogP contribution in [0.2, 0.25) is 0 Å². The van der Waals surface area contributed by atoms with Gasteiger partial charge in [0, 0.05) is 13.2 Å². The van der Waals surface area contributed by atoms with Crippen LogP contribution in [0.5, 0.6) is 0 Å². The third kappa shape index (κ3) is 3.10. The molecule has 0 saturated heterocycles. The van der Waals surface area contributed by atoms with Crippen molar-refractivity contribution in [1.29, 1.82) is 0 Å². The molecule has 0 spiro atoms. The molecule has 0 fully saturated rings. The van der Waals surface area contributed by atoms with E-state index in [9.17, 15) is 8.42 Å². The Bertz CT molecular complexity index is 726. The van der Waals surface area contributed by atoms with Gasteiger partial charge in [0.2, 0.25) is 0 Å². The van der Waals surface area contributed by atoms with E-state index < -0.39 is 10.0 Å². The maximum absolute atomic E-state index is 12.6. The van der Waals surface area contributed by atoms with E-state index in [1.54, 1.807) is 14.0 Å². The summed E-state index contributed by atoms with van der Waals surface area (Å²) in [7, 11) is -1.91. The molecular formula is C15H21N3O2S. The van der Waals surface area contributed by atoms with Crippen LogP contribution in [0.25, 0.3) is 0 Å². The SMILES string of the molecule is CCc1cccc(CC)c1NS(=O)(=O)c1cn(C)nc1C. The van der Waals surface area contributed by atoms with E-state index in [2.05, 4.69) is 9.82 Å². The second-order valence-electron chi connectivity index (χ2n) is 5.02. The number of sulfonamides is 1. The van der Waals surface area contributed by atoms with Crippen LogP contribution in [-0.4, -0.2) is 18.2 Å². The minimum atomic E-state index is -3.62. The van der Waals surface area contributed by atoms with E-state index in [1.807, 2.05) is 32.0 Å². The summed E-state index contributed by atoms with van der Waals surface area (Å²) in [5.41, 5.74) is 3.20. The molecule has 1 N–H and O–H groups in total. The van der Waals surface area contributed by atoms with Crippen molar-refractivity contribution in [2.24, 2.45) is 7.05 Å². The first-order valence-corrected chi connectivity index (χ1v) is 8.51. The van der Waals surface area contributed by atoms with Crippen LogP contribution in [-0.2, 0) is 29.9 Å². The fourth-order valence-corrected chi connectivity index (χ4v) is 3.77. The Hall–Kier alpha value is -1.82. The fourth-order valence-electron chi connectivity index (χ4n) is 2.40. The molecule has 0 saturated carbocycles. The third-order valence-electron chi connectivity index (χ3n) is 3.49. The summed E-state index contributed by atoms with van der Waals surface area (Å²) in [4.78, 5) is 0.220. The van der Waals surface area contributed by atoms with Gasteiger partial charge in [-0.25, -0.2) is 8.42 Å². The lowest BCUT2D eigenvalue weighted by molar-refractivity contribution is 0.600. The summed E-state index contributed by atoms with van der Waals surface area (Å²) in [5, 5.41) is 4.10. The third-order valence-corrected chi connectivity index (χ3v) is 4.95. The van der Waals surface area contributed by atoms with E-state index in [4.69, 9.17) is 0 Å². The van der Waals surface area contributed by atoms with Crippen molar-refractivity contribution in [2.45, 2.75) is 38.5 Å². The predicted molar refractivity (Wildman–Crippen MR) is 84.0 cm³/mol. The second kappa shape index (κ2) is 5.89. The maximum Gasteiger partial charge on any atom is 0.265 e. The topological polar surface area (TPSA) is 64.0 Å². The molecule has 0 amide bonds. The van der Waals surface area contributed by atoms with E-state index in [1.165, 1.54) is 10.9 Å². The van der Waals surface area contributed by atoms with Crippen LogP contribution in [0, 0.1) is 6.92 Å². The van der Waals surface area contributed by atoms with E-state index in [0.717, 1.165) is 24.0 Å². The van der Waals surface area contributed by atoms with Gasteiger partial charge in [0.25, 0.3) is 10.0 Å². The van der Waals surface area contributed by atoms with Crippen LogP contribution in [0.3, 0.4) is 0 Å². The summed E-state index contributed by atoms with van der Waals surface area (Å²) in [6.07, 6.45) is 3.08. The van der Waals surface area contributed by atoms with Crippen LogP contribution in [0.1, 0.15) is 30.7 Å². The zero-order valence-electron chi connectivity index (χ0n) is 12.8. The summed E-state index contributed by atoms with van der Waals surface area (Å²) in [6.45, 7) is 5.73. The second-order valence-corrected chi connectivity index (χ2v) is 6.67. The van der Waals surface area contributed by atoms with Gasteiger partial charge in [0.05, 0.1) is 11.4 Å². The Labute approximate surface area is 126 Å². The molecule has 0 unspecified atom stereocenters. The molecule has 1 aromatic heterocycles. The molecule has 0 aliphatic rings. The minimum Gasteiger partial charge on any atom is -0.279 e. The number of aromatic nitrogens is 2. The zero-order chi connectivity index (χ0) is 15.6. The van der Waals surface area contributed by atoms with Crippen LogP contribution in [0.15, 0.2) is 29.3 Å². The van der Waals surface area contributed by atoms with Gasteiger partial charge in [-0.2, -0.15) is 5.10 Å². The first-order chi connectivity index (χ1) is 9.89. The summed E-state index contributed by atoms with van der Waals surface area (Å²) in [5.74, 6) is 0. The Morgan fingerprint density at radius 3 is 2.19 bits per heavy atom. The number of benzene rings is 1. The largest absolute Gasteiger partial charge is 0.279 e. The molecular weight excluding hydrogens is 286 g/mol. The highest BCUT2D eigenvalue weighted by Crippen LogP contribution is 2.26. The highest BCUT2D eigenvalue weighted by Gasteiger charge is 2.22. The number of nitrogens with one attached hydrogen (secondary N) is 1. The lowest BCUT2D eigenvalue weighted by Gasteiger charge is -2.15. The molecule has 0 bridgehead atoms. The predicted octanol–water partition coefficient (Wildman–Crippen LogP) is 2.65. The van der Waals surface area contributed by atoms with Gasteiger partial charge in [-0.3, -0.25) is 9.40 Å². The van der Waals surface area contributed by atoms with Crippen molar-refractivity contribution < 1.29 is 8.42 Å². The number of hydrogen-bond donors (Lipinski definition) is 1. The molecule has 0 radical (unpaired) electrons. The highest BCUT2D eigenvalue weighted by molar-refractivity contribution is 7.92. The van der Waals surface area contributed by atoms with Gasteiger partial charge in [0.1, 0.15) is 4.90 Å². The molecule has 2 aromatic rings. The normalized spacial score (nSPS) is 11.6. The number of nitrogens with zero attached hydrogens (tertiary/aromatic N) is 2. The Morgan fingerprint density at radius 1 is 1.19 bits per heavy atom. The van der Waals surface area contributed by atoms with E-state index in [0.29, 0.717) is 11.4 Å². The van der Waals surface area contributed by atoms with Gasteiger partial charge < -0.3 is 0 Å². The van der Waals surface area contributed by atoms with Crippen molar-refractivity contribution in [3.63, 3.8) is 0 Å². The average molecular weight is 307 g/mol. The first-order valence-electron chi connectivity index (χ1n) is 7.02. The zero-order valence-corrected chi connectivity index (χ0v) is 13.7. The molecule has 1 aromatic carbocycles. The van der Waals surface area contributed by atoms with Crippen molar-refractivity contribution in [1.82, 2.24) is 9.78 Å². The van der Waals surface area contributed by atoms with Crippen molar-refractivity contribution >= 4 is 15.7 Å². The molecule has 0 aliphatic carbocycles. The number of anilines is 1. The van der Waals surface area contributed by atoms with Gasteiger partial charge in [0.15, 0.2) is 0 Å². The summed E-state index contributed by atoms with van der Waals surface area (Å²) >= 11 is 0. The smallest absolute Gasteiger partial charge is 0.265 e. The summed E-state index contributed by atoms with van der Waals surface area (Å²) < 4.78 is 29.5. The van der Waals surface area contributed by atoms with Gasteiger partial charge in [-0.15, -0.1) is 0 Å².